The lowest BCUT2D eigenvalue weighted by molar-refractivity contribution is -0.145. The summed E-state index contributed by atoms with van der Waals surface area (Å²) >= 11 is 0. The smallest absolute Gasteiger partial charge is 0.330 e. The summed E-state index contributed by atoms with van der Waals surface area (Å²) in [5.41, 5.74) is 0. The van der Waals surface area contributed by atoms with Crippen LogP contribution in [0.25, 0.3) is 0 Å². The van der Waals surface area contributed by atoms with E-state index in [9.17, 15) is 9.90 Å². The van der Waals surface area contributed by atoms with Crippen LogP contribution in [0.3, 0.4) is 0 Å². The van der Waals surface area contributed by atoms with Gasteiger partial charge in [0.15, 0.2) is 6.29 Å². The van der Waals surface area contributed by atoms with Gasteiger partial charge in [-0.2, -0.15) is 0 Å². The molecule has 0 aromatic carbocycles. The number of hydrogen-bond donors (Lipinski definition) is 1. The molecule has 4 nitrogen and oxygen atoms in total. The molecule has 0 saturated carbocycles. The zero-order valence-electron chi connectivity index (χ0n) is 11.6. The molecular weight excluding hydrogens is 232 g/mol. The topological polar surface area (TPSA) is 55.8 Å². The molecule has 106 valence electrons. The zero-order chi connectivity index (χ0) is 13.8. The molecule has 0 aromatic rings. The minimum Gasteiger partial charge on any atom is -0.462 e. The van der Waals surface area contributed by atoms with Crippen molar-refractivity contribution in [2.45, 2.75) is 52.2 Å². The largest absolute Gasteiger partial charge is 0.462 e. The first-order chi connectivity index (χ1) is 8.63. The van der Waals surface area contributed by atoms with Crippen molar-refractivity contribution in [1.82, 2.24) is 0 Å². The van der Waals surface area contributed by atoms with Gasteiger partial charge in [-0.05, 0) is 12.3 Å². The highest BCUT2D eigenvalue weighted by Gasteiger charge is 2.10. The van der Waals surface area contributed by atoms with Crippen LogP contribution in [0.15, 0.2) is 12.7 Å². The Morgan fingerprint density at radius 3 is 2.67 bits per heavy atom. The van der Waals surface area contributed by atoms with Crippen LogP contribution >= 0.6 is 0 Å². The lowest BCUT2D eigenvalue weighted by atomic mass is 10.0. The van der Waals surface area contributed by atoms with E-state index in [-0.39, 0.29) is 6.61 Å². The molecule has 0 rings (SSSR count). The molecule has 2 atom stereocenters. The third-order valence-electron chi connectivity index (χ3n) is 2.84. The Morgan fingerprint density at radius 1 is 1.39 bits per heavy atom. The van der Waals surface area contributed by atoms with Crippen LogP contribution in [-0.4, -0.2) is 30.6 Å². The third-order valence-corrected chi connectivity index (χ3v) is 2.84. The van der Waals surface area contributed by atoms with Crippen LogP contribution < -0.4 is 0 Å². The Morgan fingerprint density at radius 2 is 2.11 bits per heavy atom. The van der Waals surface area contributed by atoms with E-state index >= 15 is 0 Å². The average molecular weight is 258 g/mol. The van der Waals surface area contributed by atoms with Crippen molar-refractivity contribution in [2.24, 2.45) is 5.92 Å². The van der Waals surface area contributed by atoms with E-state index in [4.69, 9.17) is 9.47 Å². The summed E-state index contributed by atoms with van der Waals surface area (Å²) in [6.45, 7) is 8.29. The first-order valence-corrected chi connectivity index (χ1v) is 6.72. The molecule has 0 radical (unpaired) electrons. The number of carbonyl (C=O) groups excluding carboxylic acids is 1. The van der Waals surface area contributed by atoms with Crippen LogP contribution in [0.4, 0.5) is 0 Å². The molecule has 0 amide bonds. The van der Waals surface area contributed by atoms with Crippen LogP contribution in [0.1, 0.15) is 46.0 Å². The Bertz CT molecular complexity index is 228. The number of aliphatic hydroxyl groups is 1. The maximum Gasteiger partial charge on any atom is 0.330 e. The minimum atomic E-state index is -0.863. The monoisotopic (exact) mass is 258 g/mol. The molecule has 2 unspecified atom stereocenters. The highest BCUT2D eigenvalue weighted by Crippen LogP contribution is 2.13. The van der Waals surface area contributed by atoms with Gasteiger partial charge in [0, 0.05) is 12.5 Å². The third kappa shape index (κ3) is 9.19. The number of hydrogen-bond acceptors (Lipinski definition) is 4. The van der Waals surface area contributed by atoms with Gasteiger partial charge in [-0.15, -0.1) is 0 Å². The fourth-order valence-electron chi connectivity index (χ4n) is 1.55. The molecule has 4 heteroatoms. The summed E-state index contributed by atoms with van der Waals surface area (Å²) in [4.78, 5) is 10.8. The Hall–Kier alpha value is -0.870. The molecule has 0 aliphatic carbocycles. The number of unbranched alkanes of at least 4 members (excludes halogenated alkanes) is 1. The van der Waals surface area contributed by atoms with Crippen LogP contribution in [0.5, 0.6) is 0 Å². The van der Waals surface area contributed by atoms with Gasteiger partial charge >= 0.3 is 5.97 Å². The minimum absolute atomic E-state index is 0.151. The molecule has 0 aromatic heterocycles. The SMILES string of the molecule is C=CC(=O)OCCC(O)OCC(CC)CCCC. The number of aliphatic hydroxyl groups excluding tert-OH is 1. The molecule has 0 heterocycles. The number of ether oxygens (including phenoxy) is 2. The standard InChI is InChI=1S/C14H26O4/c1-4-7-8-12(5-2)11-18-14(16)9-10-17-13(15)6-3/h6,12,14,16H,3-5,7-11H2,1-2H3. The quantitative estimate of drug-likeness (QED) is 0.352. The maximum absolute atomic E-state index is 10.8. The van der Waals surface area contributed by atoms with Crippen molar-refractivity contribution >= 4 is 5.97 Å². The molecule has 1 N–H and O–H groups in total. The van der Waals surface area contributed by atoms with E-state index in [0.29, 0.717) is 18.9 Å². The van der Waals surface area contributed by atoms with E-state index in [1.807, 2.05) is 0 Å². The average Bonchev–Trinajstić information content (AvgIpc) is 2.38. The molecule has 0 aliphatic rings. The first-order valence-electron chi connectivity index (χ1n) is 6.72. The summed E-state index contributed by atoms with van der Waals surface area (Å²) in [5, 5.41) is 9.57. The molecular formula is C14H26O4. The summed E-state index contributed by atoms with van der Waals surface area (Å²) in [5.74, 6) is 0.0203. The molecule has 0 aliphatic heterocycles. The second-order valence-electron chi connectivity index (χ2n) is 4.36. The highest BCUT2D eigenvalue weighted by molar-refractivity contribution is 5.81. The van der Waals surface area contributed by atoms with Crippen molar-refractivity contribution in [3.05, 3.63) is 12.7 Å². The van der Waals surface area contributed by atoms with E-state index in [1.54, 1.807) is 0 Å². The van der Waals surface area contributed by atoms with Gasteiger partial charge in [0.2, 0.25) is 0 Å². The molecule has 18 heavy (non-hydrogen) atoms. The fraction of sp³-hybridized carbons (Fsp3) is 0.786. The normalized spacial score (nSPS) is 13.9. The molecule has 0 saturated heterocycles. The molecule has 0 bridgehead atoms. The Labute approximate surface area is 110 Å². The van der Waals surface area contributed by atoms with Gasteiger partial charge in [0.25, 0.3) is 0 Å². The maximum atomic E-state index is 10.8. The lowest BCUT2D eigenvalue weighted by Gasteiger charge is -2.18. The van der Waals surface area contributed by atoms with E-state index in [2.05, 4.69) is 20.4 Å². The van der Waals surface area contributed by atoms with Gasteiger partial charge in [-0.3, -0.25) is 0 Å². The summed E-state index contributed by atoms with van der Waals surface area (Å²) in [6.07, 6.45) is 5.09. The Kier molecular flexibility index (Phi) is 10.7. The Balaban J connectivity index is 3.63. The van der Waals surface area contributed by atoms with Crippen LogP contribution in [0.2, 0.25) is 0 Å². The molecule has 0 fully saturated rings. The van der Waals surface area contributed by atoms with Crippen molar-refractivity contribution in [3.63, 3.8) is 0 Å². The number of esters is 1. The van der Waals surface area contributed by atoms with Crippen molar-refractivity contribution in [2.75, 3.05) is 13.2 Å². The fourth-order valence-corrected chi connectivity index (χ4v) is 1.55. The van der Waals surface area contributed by atoms with Gasteiger partial charge < -0.3 is 14.6 Å². The van der Waals surface area contributed by atoms with Crippen LogP contribution in [0, 0.1) is 5.92 Å². The van der Waals surface area contributed by atoms with E-state index in [1.165, 1.54) is 12.8 Å². The van der Waals surface area contributed by atoms with E-state index in [0.717, 1.165) is 18.9 Å². The summed E-state index contributed by atoms with van der Waals surface area (Å²) in [7, 11) is 0. The van der Waals surface area contributed by atoms with Gasteiger partial charge in [0.05, 0.1) is 13.2 Å². The van der Waals surface area contributed by atoms with E-state index < -0.39 is 12.3 Å². The number of rotatable bonds is 11. The van der Waals surface area contributed by atoms with Gasteiger partial charge in [-0.25, -0.2) is 4.79 Å². The second-order valence-corrected chi connectivity index (χ2v) is 4.36. The highest BCUT2D eigenvalue weighted by atomic mass is 16.6. The van der Waals surface area contributed by atoms with Gasteiger partial charge in [-0.1, -0.05) is 39.7 Å². The lowest BCUT2D eigenvalue weighted by Crippen LogP contribution is -2.20. The first kappa shape index (κ1) is 17.1. The zero-order valence-corrected chi connectivity index (χ0v) is 11.6. The second kappa shape index (κ2) is 11.2. The molecule has 0 spiro atoms. The predicted octanol–water partition coefficient (Wildman–Crippen LogP) is 2.66. The predicted molar refractivity (Wildman–Crippen MR) is 71.0 cm³/mol. The summed E-state index contributed by atoms with van der Waals surface area (Å²) < 4.78 is 10.1. The van der Waals surface area contributed by atoms with Crippen molar-refractivity contribution < 1.29 is 19.4 Å². The summed E-state index contributed by atoms with van der Waals surface area (Å²) in [6, 6.07) is 0. The van der Waals surface area contributed by atoms with Gasteiger partial charge in [0.1, 0.15) is 0 Å². The van der Waals surface area contributed by atoms with Crippen molar-refractivity contribution in [3.8, 4) is 0 Å². The van der Waals surface area contributed by atoms with Crippen molar-refractivity contribution in [1.29, 1.82) is 0 Å². The van der Waals surface area contributed by atoms with Crippen LogP contribution in [-0.2, 0) is 14.3 Å². The number of carbonyl (C=O) groups is 1.